The number of rotatable bonds is 8. The highest BCUT2D eigenvalue weighted by Gasteiger charge is 2.22. The molecule has 0 aromatic heterocycles. The summed E-state index contributed by atoms with van der Waals surface area (Å²) < 4.78 is 6.04. The molecule has 0 unspecified atom stereocenters. The van der Waals surface area contributed by atoms with Gasteiger partial charge in [0.15, 0.2) is 0 Å². The Morgan fingerprint density at radius 3 is 2.17 bits per heavy atom. The van der Waals surface area contributed by atoms with Crippen LogP contribution in [0.5, 0.6) is 5.75 Å². The molecule has 0 bridgehead atoms. The Hall–Kier alpha value is -4.91. The number of anilines is 1. The molecule has 0 aliphatic carbocycles. The van der Waals surface area contributed by atoms with E-state index in [1.807, 2.05) is 30.3 Å². The van der Waals surface area contributed by atoms with Gasteiger partial charge in [-0.1, -0.05) is 60.7 Å². The highest BCUT2D eigenvalue weighted by atomic mass is 16.5. The maximum atomic E-state index is 13.5. The zero-order chi connectivity index (χ0) is 24.8. The van der Waals surface area contributed by atoms with E-state index < -0.39 is 11.9 Å². The van der Waals surface area contributed by atoms with E-state index in [2.05, 4.69) is 5.32 Å². The maximum Gasteiger partial charge on any atom is 0.336 e. The zero-order valence-electron chi connectivity index (χ0n) is 18.7. The van der Waals surface area contributed by atoms with Crippen molar-refractivity contribution in [1.82, 2.24) is 0 Å². The van der Waals surface area contributed by atoms with Crippen LogP contribution in [0.1, 0.15) is 31.8 Å². The summed E-state index contributed by atoms with van der Waals surface area (Å²) in [6.07, 6.45) is 0. The van der Waals surface area contributed by atoms with Crippen LogP contribution in [0, 0.1) is 5.41 Å². The first-order valence-electron chi connectivity index (χ1n) is 10.8. The third kappa shape index (κ3) is 5.36. The number of nitrogens with two attached hydrogens (primary N) is 1. The lowest BCUT2D eigenvalue weighted by Crippen LogP contribution is -2.16. The molecule has 4 rings (SSSR count). The van der Waals surface area contributed by atoms with Crippen molar-refractivity contribution >= 4 is 23.4 Å². The van der Waals surface area contributed by atoms with E-state index in [9.17, 15) is 14.7 Å². The van der Waals surface area contributed by atoms with Gasteiger partial charge >= 0.3 is 5.97 Å². The minimum absolute atomic E-state index is 0.0740. The van der Waals surface area contributed by atoms with Gasteiger partial charge in [-0.2, -0.15) is 0 Å². The fourth-order valence-corrected chi connectivity index (χ4v) is 3.68. The first-order valence-corrected chi connectivity index (χ1v) is 10.8. The van der Waals surface area contributed by atoms with Gasteiger partial charge in [-0.3, -0.25) is 10.2 Å². The molecule has 5 N–H and O–H groups in total. The van der Waals surface area contributed by atoms with Crippen LogP contribution in [0.3, 0.4) is 0 Å². The lowest BCUT2D eigenvalue weighted by Gasteiger charge is -2.17. The molecule has 4 aromatic carbocycles. The second-order valence-electron chi connectivity index (χ2n) is 7.75. The summed E-state index contributed by atoms with van der Waals surface area (Å²) in [5, 5.41) is 20.1. The van der Waals surface area contributed by atoms with E-state index >= 15 is 0 Å². The van der Waals surface area contributed by atoms with Crippen LogP contribution >= 0.6 is 0 Å². The van der Waals surface area contributed by atoms with Crippen molar-refractivity contribution in [3.8, 4) is 16.9 Å². The Kier molecular flexibility index (Phi) is 6.88. The molecule has 0 radical (unpaired) electrons. The van der Waals surface area contributed by atoms with Crippen molar-refractivity contribution in [1.29, 1.82) is 5.41 Å². The number of carbonyl (C=O) groups excluding carboxylic acids is 1. The quantitative estimate of drug-likeness (QED) is 0.211. The van der Waals surface area contributed by atoms with Gasteiger partial charge in [0.25, 0.3) is 5.91 Å². The van der Waals surface area contributed by atoms with Crippen molar-refractivity contribution < 1.29 is 19.4 Å². The number of amides is 1. The van der Waals surface area contributed by atoms with Crippen LogP contribution in [0.4, 0.5) is 5.69 Å². The van der Waals surface area contributed by atoms with Crippen LogP contribution < -0.4 is 15.8 Å². The van der Waals surface area contributed by atoms with Crippen molar-refractivity contribution in [2.45, 2.75) is 6.61 Å². The van der Waals surface area contributed by atoms with Gasteiger partial charge in [0.1, 0.15) is 18.2 Å². The van der Waals surface area contributed by atoms with Crippen LogP contribution in [0.2, 0.25) is 0 Å². The molecule has 0 saturated heterocycles. The normalized spacial score (nSPS) is 10.4. The number of carboxylic acid groups (broad SMARTS) is 1. The third-order valence-electron chi connectivity index (χ3n) is 5.39. The molecule has 7 nitrogen and oxygen atoms in total. The topological polar surface area (TPSA) is 126 Å². The number of benzene rings is 4. The number of hydrogen-bond acceptors (Lipinski definition) is 4. The number of amidine groups is 1. The van der Waals surface area contributed by atoms with Crippen molar-refractivity contribution in [2.75, 3.05) is 5.32 Å². The van der Waals surface area contributed by atoms with E-state index in [4.69, 9.17) is 15.9 Å². The Balaban J connectivity index is 1.76. The average molecular weight is 466 g/mol. The summed E-state index contributed by atoms with van der Waals surface area (Å²) in [5.74, 6) is -1.30. The second-order valence-corrected chi connectivity index (χ2v) is 7.75. The summed E-state index contributed by atoms with van der Waals surface area (Å²) in [5.41, 5.74) is 8.60. The lowest BCUT2D eigenvalue weighted by atomic mass is 9.94. The predicted molar refractivity (Wildman–Crippen MR) is 135 cm³/mol. The first-order chi connectivity index (χ1) is 16.9. The molecular formula is C28H23N3O4. The van der Waals surface area contributed by atoms with Crippen LogP contribution in [-0.2, 0) is 6.61 Å². The Morgan fingerprint density at radius 2 is 1.49 bits per heavy atom. The molecular weight excluding hydrogens is 442 g/mol. The fourth-order valence-electron chi connectivity index (χ4n) is 3.68. The van der Waals surface area contributed by atoms with Gasteiger partial charge in [0.2, 0.25) is 0 Å². The van der Waals surface area contributed by atoms with Gasteiger partial charge in [-0.25, -0.2) is 4.79 Å². The van der Waals surface area contributed by atoms with Gasteiger partial charge in [0, 0.05) is 11.3 Å². The Labute approximate surface area is 202 Å². The van der Waals surface area contributed by atoms with Crippen LogP contribution in [0.15, 0.2) is 97.1 Å². The molecule has 0 saturated carbocycles. The molecule has 0 spiro atoms. The zero-order valence-corrected chi connectivity index (χ0v) is 18.7. The summed E-state index contributed by atoms with van der Waals surface area (Å²) in [4.78, 5) is 25.4. The highest BCUT2D eigenvalue weighted by Crippen LogP contribution is 2.34. The van der Waals surface area contributed by atoms with E-state index in [0.29, 0.717) is 28.1 Å². The molecule has 174 valence electrons. The number of carbonyl (C=O) groups is 2. The van der Waals surface area contributed by atoms with Crippen molar-refractivity contribution in [3.63, 3.8) is 0 Å². The largest absolute Gasteiger partial charge is 0.488 e. The van der Waals surface area contributed by atoms with Crippen molar-refractivity contribution in [3.05, 3.63) is 119 Å². The second kappa shape index (κ2) is 10.4. The lowest BCUT2D eigenvalue weighted by molar-refractivity contribution is 0.0697. The monoisotopic (exact) mass is 465 g/mol. The van der Waals surface area contributed by atoms with Crippen LogP contribution in [-0.4, -0.2) is 22.8 Å². The smallest absolute Gasteiger partial charge is 0.336 e. The molecule has 0 aliphatic heterocycles. The summed E-state index contributed by atoms with van der Waals surface area (Å²) >= 11 is 0. The molecule has 0 fully saturated rings. The number of carboxylic acids is 1. The minimum atomic E-state index is -1.10. The SMILES string of the molecule is N=C(N)c1ccc(NC(=O)c2c(OCc3ccccc3)cccc2-c2ccccc2C(=O)O)cc1. The molecule has 1 amide bonds. The number of aromatic carboxylic acids is 1. The third-order valence-corrected chi connectivity index (χ3v) is 5.39. The number of hydrogen-bond donors (Lipinski definition) is 4. The molecule has 35 heavy (non-hydrogen) atoms. The van der Waals surface area contributed by atoms with Gasteiger partial charge < -0.3 is 20.9 Å². The average Bonchev–Trinajstić information content (AvgIpc) is 2.88. The number of nitrogens with one attached hydrogen (secondary N) is 2. The van der Waals surface area contributed by atoms with E-state index in [-0.39, 0.29) is 23.6 Å². The number of ether oxygens (including phenoxy) is 1. The van der Waals surface area contributed by atoms with Crippen molar-refractivity contribution in [2.24, 2.45) is 5.73 Å². The predicted octanol–water partition coefficient (Wildman–Crippen LogP) is 5.17. The van der Waals surface area contributed by atoms with Gasteiger partial charge in [-0.05, 0) is 53.1 Å². The standard InChI is InChI=1S/C28H23N3O4/c29-26(30)19-13-15-20(16-14-19)31-27(32)25-22(21-9-4-5-10-23(21)28(33)34)11-6-12-24(25)35-17-18-7-2-1-3-8-18/h1-16H,17H2,(H3,29,30)(H,31,32)(H,33,34). The van der Waals surface area contributed by atoms with E-state index in [0.717, 1.165) is 5.56 Å². The van der Waals surface area contributed by atoms with Crippen LogP contribution in [0.25, 0.3) is 11.1 Å². The van der Waals surface area contributed by atoms with E-state index in [1.54, 1.807) is 60.7 Å². The van der Waals surface area contributed by atoms with E-state index in [1.165, 1.54) is 6.07 Å². The first kappa shape index (κ1) is 23.3. The fraction of sp³-hybridized carbons (Fsp3) is 0.0357. The summed E-state index contributed by atoms with van der Waals surface area (Å²) in [7, 11) is 0. The highest BCUT2D eigenvalue weighted by molar-refractivity contribution is 6.12. The molecule has 0 aliphatic rings. The molecule has 0 heterocycles. The molecule has 7 heteroatoms. The Morgan fingerprint density at radius 1 is 0.829 bits per heavy atom. The summed E-state index contributed by atoms with van der Waals surface area (Å²) in [6.45, 7) is 0.235. The molecule has 0 atom stereocenters. The van der Waals surface area contributed by atoms with Gasteiger partial charge in [0.05, 0.1) is 11.1 Å². The minimum Gasteiger partial charge on any atom is -0.488 e. The summed E-state index contributed by atoms with van der Waals surface area (Å²) in [6, 6.07) is 27.7. The molecule has 4 aromatic rings. The Bertz CT molecular complexity index is 1380. The number of nitrogen functional groups attached to an aromatic ring is 1. The maximum absolute atomic E-state index is 13.5. The van der Waals surface area contributed by atoms with Gasteiger partial charge in [-0.15, -0.1) is 0 Å².